The lowest BCUT2D eigenvalue weighted by Gasteiger charge is -2.34. The van der Waals surface area contributed by atoms with E-state index in [0.29, 0.717) is 17.5 Å². The second-order valence-corrected chi connectivity index (χ2v) is 7.78. The van der Waals surface area contributed by atoms with Crippen LogP contribution in [0.1, 0.15) is 33.6 Å². The standard InChI is InChI=1S/C17H23ClN4O2/c1-17(2,3)24-16(23)21-8-4-5-12(10-21)11-22-15-9-13(18)6-7-14(15)19-20-22/h6-7,9,12H,4-5,8,10-11H2,1-3H3. The first-order valence-corrected chi connectivity index (χ1v) is 8.66. The number of benzene rings is 1. The van der Waals surface area contributed by atoms with Gasteiger partial charge in [-0.25, -0.2) is 9.48 Å². The van der Waals surface area contributed by atoms with Gasteiger partial charge in [0.2, 0.25) is 0 Å². The van der Waals surface area contributed by atoms with Crippen LogP contribution in [0, 0.1) is 5.92 Å². The van der Waals surface area contributed by atoms with E-state index in [-0.39, 0.29) is 6.09 Å². The van der Waals surface area contributed by atoms with Crippen molar-refractivity contribution in [3.8, 4) is 0 Å². The van der Waals surface area contributed by atoms with Crippen LogP contribution in [0.2, 0.25) is 5.02 Å². The van der Waals surface area contributed by atoms with E-state index >= 15 is 0 Å². The summed E-state index contributed by atoms with van der Waals surface area (Å²) in [6.45, 7) is 7.80. The van der Waals surface area contributed by atoms with E-state index in [1.807, 2.05) is 43.7 Å². The number of fused-ring (bicyclic) bond motifs is 1. The maximum atomic E-state index is 12.3. The Morgan fingerprint density at radius 2 is 2.21 bits per heavy atom. The van der Waals surface area contributed by atoms with Gasteiger partial charge in [-0.1, -0.05) is 16.8 Å². The lowest BCUT2D eigenvalue weighted by molar-refractivity contribution is 0.0156. The smallest absolute Gasteiger partial charge is 0.410 e. The van der Waals surface area contributed by atoms with Crippen LogP contribution >= 0.6 is 11.6 Å². The zero-order valence-corrected chi connectivity index (χ0v) is 15.1. The van der Waals surface area contributed by atoms with Crippen LogP contribution in [-0.4, -0.2) is 44.7 Å². The Kier molecular flexibility index (Phi) is 4.67. The number of likely N-dealkylation sites (tertiary alicyclic amines) is 1. The molecule has 2 heterocycles. The number of amides is 1. The molecule has 1 unspecified atom stereocenters. The van der Waals surface area contributed by atoms with Crippen molar-refractivity contribution < 1.29 is 9.53 Å². The van der Waals surface area contributed by atoms with Crippen molar-refractivity contribution in [2.75, 3.05) is 13.1 Å². The quantitative estimate of drug-likeness (QED) is 0.828. The van der Waals surface area contributed by atoms with E-state index < -0.39 is 5.60 Å². The fourth-order valence-corrected chi connectivity index (χ4v) is 3.19. The van der Waals surface area contributed by atoms with Crippen molar-refractivity contribution in [1.29, 1.82) is 0 Å². The van der Waals surface area contributed by atoms with Crippen molar-refractivity contribution in [2.45, 2.75) is 45.8 Å². The van der Waals surface area contributed by atoms with Gasteiger partial charge in [-0.2, -0.15) is 0 Å². The third-order valence-corrected chi connectivity index (χ3v) is 4.31. The third-order valence-electron chi connectivity index (χ3n) is 4.08. The molecule has 130 valence electrons. The lowest BCUT2D eigenvalue weighted by atomic mass is 9.98. The molecule has 1 aromatic heterocycles. The second kappa shape index (κ2) is 6.59. The number of piperidine rings is 1. The molecule has 6 nitrogen and oxygen atoms in total. The van der Waals surface area contributed by atoms with E-state index in [1.165, 1.54) is 0 Å². The van der Waals surface area contributed by atoms with Gasteiger partial charge < -0.3 is 9.64 Å². The molecular weight excluding hydrogens is 328 g/mol. The molecule has 7 heteroatoms. The van der Waals surface area contributed by atoms with Crippen LogP contribution in [-0.2, 0) is 11.3 Å². The molecule has 1 saturated heterocycles. The van der Waals surface area contributed by atoms with Crippen molar-refractivity contribution in [3.63, 3.8) is 0 Å². The average molecular weight is 351 g/mol. The Balaban J connectivity index is 1.68. The normalized spacial score (nSPS) is 18.8. The summed E-state index contributed by atoms with van der Waals surface area (Å²) in [4.78, 5) is 14.1. The first kappa shape index (κ1) is 17.0. The van der Waals surface area contributed by atoms with E-state index in [0.717, 1.165) is 37.0 Å². The highest BCUT2D eigenvalue weighted by Gasteiger charge is 2.28. The van der Waals surface area contributed by atoms with E-state index in [2.05, 4.69) is 10.3 Å². The highest BCUT2D eigenvalue weighted by atomic mass is 35.5. The van der Waals surface area contributed by atoms with E-state index in [4.69, 9.17) is 16.3 Å². The summed E-state index contributed by atoms with van der Waals surface area (Å²) in [5, 5.41) is 9.08. The van der Waals surface area contributed by atoms with Crippen molar-refractivity contribution in [3.05, 3.63) is 23.2 Å². The Morgan fingerprint density at radius 1 is 1.42 bits per heavy atom. The van der Waals surface area contributed by atoms with Crippen LogP contribution < -0.4 is 0 Å². The van der Waals surface area contributed by atoms with Crippen molar-refractivity contribution in [1.82, 2.24) is 19.9 Å². The number of halogens is 1. The molecule has 1 aliphatic rings. The molecule has 1 fully saturated rings. The number of aromatic nitrogens is 3. The topological polar surface area (TPSA) is 60.2 Å². The molecule has 0 saturated carbocycles. The molecule has 3 rings (SSSR count). The number of carbonyl (C=O) groups is 1. The molecule has 1 aromatic carbocycles. The fourth-order valence-electron chi connectivity index (χ4n) is 3.02. The molecule has 0 bridgehead atoms. The largest absolute Gasteiger partial charge is 0.444 e. The highest BCUT2D eigenvalue weighted by molar-refractivity contribution is 6.31. The Morgan fingerprint density at radius 3 is 2.96 bits per heavy atom. The number of nitrogens with zero attached hydrogens (tertiary/aromatic N) is 4. The summed E-state index contributed by atoms with van der Waals surface area (Å²) in [7, 11) is 0. The van der Waals surface area contributed by atoms with Gasteiger partial charge >= 0.3 is 6.09 Å². The van der Waals surface area contributed by atoms with Gasteiger partial charge in [-0.15, -0.1) is 5.10 Å². The molecular formula is C17H23ClN4O2. The lowest BCUT2D eigenvalue weighted by Crippen LogP contribution is -2.43. The number of hydrogen-bond donors (Lipinski definition) is 0. The number of carbonyl (C=O) groups excluding carboxylic acids is 1. The zero-order valence-electron chi connectivity index (χ0n) is 14.3. The molecule has 1 aliphatic heterocycles. The average Bonchev–Trinajstić information content (AvgIpc) is 2.88. The molecule has 0 spiro atoms. The number of ether oxygens (including phenoxy) is 1. The van der Waals surface area contributed by atoms with Crippen LogP contribution in [0.3, 0.4) is 0 Å². The van der Waals surface area contributed by atoms with Gasteiger partial charge in [0.1, 0.15) is 11.1 Å². The number of rotatable bonds is 2. The minimum absolute atomic E-state index is 0.237. The fraction of sp³-hybridized carbons (Fsp3) is 0.588. The SMILES string of the molecule is CC(C)(C)OC(=O)N1CCCC(Cn2nnc3ccc(Cl)cc32)C1. The Labute approximate surface area is 146 Å². The first-order chi connectivity index (χ1) is 11.3. The minimum atomic E-state index is -0.469. The molecule has 2 aromatic rings. The monoisotopic (exact) mass is 350 g/mol. The van der Waals surface area contributed by atoms with Gasteiger partial charge in [0.05, 0.1) is 5.52 Å². The summed E-state index contributed by atoms with van der Waals surface area (Å²) in [6, 6.07) is 5.56. The van der Waals surface area contributed by atoms with Gasteiger partial charge in [0, 0.05) is 24.7 Å². The molecule has 1 amide bonds. The molecule has 0 radical (unpaired) electrons. The maximum Gasteiger partial charge on any atom is 0.410 e. The Bertz CT molecular complexity index is 738. The third kappa shape index (κ3) is 3.98. The van der Waals surface area contributed by atoms with Crippen LogP contribution in [0.25, 0.3) is 11.0 Å². The summed E-state index contributed by atoms with van der Waals surface area (Å²) in [5.74, 6) is 0.329. The van der Waals surface area contributed by atoms with Crippen LogP contribution in [0.4, 0.5) is 4.79 Å². The Hall–Kier alpha value is -1.82. The van der Waals surface area contributed by atoms with E-state index in [9.17, 15) is 4.79 Å². The zero-order chi connectivity index (χ0) is 17.3. The number of hydrogen-bond acceptors (Lipinski definition) is 4. The van der Waals surface area contributed by atoms with Gasteiger partial charge in [-0.05, 0) is 57.7 Å². The van der Waals surface area contributed by atoms with Crippen LogP contribution in [0.5, 0.6) is 0 Å². The van der Waals surface area contributed by atoms with Crippen LogP contribution in [0.15, 0.2) is 18.2 Å². The molecule has 0 N–H and O–H groups in total. The molecule has 24 heavy (non-hydrogen) atoms. The van der Waals surface area contributed by atoms with Crippen molar-refractivity contribution in [2.24, 2.45) is 5.92 Å². The summed E-state index contributed by atoms with van der Waals surface area (Å²) >= 11 is 6.08. The first-order valence-electron chi connectivity index (χ1n) is 8.28. The van der Waals surface area contributed by atoms with Crippen molar-refractivity contribution >= 4 is 28.7 Å². The predicted octanol–water partition coefficient (Wildman–Crippen LogP) is 3.73. The van der Waals surface area contributed by atoms with Gasteiger partial charge in [0.25, 0.3) is 0 Å². The summed E-state index contributed by atoms with van der Waals surface area (Å²) in [6.07, 6.45) is 1.79. The molecule has 1 atom stereocenters. The summed E-state index contributed by atoms with van der Waals surface area (Å²) < 4.78 is 7.36. The summed E-state index contributed by atoms with van der Waals surface area (Å²) in [5.41, 5.74) is 1.29. The molecule has 0 aliphatic carbocycles. The highest BCUT2D eigenvalue weighted by Crippen LogP contribution is 2.23. The van der Waals surface area contributed by atoms with Gasteiger partial charge in [0.15, 0.2) is 0 Å². The second-order valence-electron chi connectivity index (χ2n) is 7.34. The maximum absolute atomic E-state index is 12.3. The van der Waals surface area contributed by atoms with Gasteiger partial charge in [-0.3, -0.25) is 0 Å². The minimum Gasteiger partial charge on any atom is -0.444 e. The predicted molar refractivity (Wildman–Crippen MR) is 93.1 cm³/mol. The van der Waals surface area contributed by atoms with E-state index in [1.54, 1.807) is 4.90 Å².